The van der Waals surface area contributed by atoms with Crippen LogP contribution in [0.2, 0.25) is 0 Å². The minimum atomic E-state index is -1.47. The van der Waals surface area contributed by atoms with E-state index in [1.807, 2.05) is 0 Å². The molecule has 0 unspecified atom stereocenters. The molecule has 0 aromatic heterocycles. The molecule has 0 fully saturated rings. The summed E-state index contributed by atoms with van der Waals surface area (Å²) < 4.78 is 0. The minimum Gasteiger partial charge on any atom is -0.423 e. The predicted molar refractivity (Wildman–Crippen MR) is 41.9 cm³/mol. The van der Waals surface area contributed by atoms with Crippen molar-refractivity contribution in [3.8, 4) is 0 Å². The minimum absolute atomic E-state index is 0.350. The fourth-order valence-electron chi connectivity index (χ4n) is 0.631. The first-order valence-corrected chi connectivity index (χ1v) is 3.08. The molecule has 56 valence electrons. The van der Waals surface area contributed by atoms with Crippen LogP contribution in [0.15, 0.2) is 23.3 Å². The third-order valence-electron chi connectivity index (χ3n) is 1.23. The van der Waals surface area contributed by atoms with Crippen LogP contribution in [-0.2, 0) is 0 Å². The highest BCUT2D eigenvalue weighted by atomic mass is 16.4. The molecule has 4 heteroatoms. The fraction of sp³-hybridized carbons (Fsp3) is 0.333. The van der Waals surface area contributed by atoms with Gasteiger partial charge in [-0.2, -0.15) is 0 Å². The Labute approximate surface area is 61.0 Å². The van der Waals surface area contributed by atoms with E-state index in [2.05, 4.69) is 0 Å². The average Bonchev–Trinajstić information content (AvgIpc) is 1.88. The normalized spacial score (nSPS) is 13.6. The fourth-order valence-corrected chi connectivity index (χ4v) is 0.631. The van der Waals surface area contributed by atoms with Crippen molar-refractivity contribution in [1.82, 2.24) is 0 Å². The smallest absolute Gasteiger partial charge is 0.423 e. The Balaban J connectivity index is 4.39. The lowest BCUT2D eigenvalue weighted by molar-refractivity contribution is 0.419. The summed E-state index contributed by atoms with van der Waals surface area (Å²) in [6.07, 6.45) is 3.19. The number of hydrogen-bond acceptors (Lipinski definition) is 3. The quantitative estimate of drug-likeness (QED) is 0.368. The van der Waals surface area contributed by atoms with E-state index in [0.717, 1.165) is 0 Å². The largest absolute Gasteiger partial charge is 0.490 e. The summed E-state index contributed by atoms with van der Waals surface area (Å²) in [6.45, 7) is 3.44. The van der Waals surface area contributed by atoms with Gasteiger partial charge in [-0.25, -0.2) is 0 Å². The molecule has 0 aliphatic heterocycles. The second kappa shape index (κ2) is 4.14. The summed E-state index contributed by atoms with van der Waals surface area (Å²) >= 11 is 0. The van der Waals surface area contributed by atoms with Crippen molar-refractivity contribution < 1.29 is 10.0 Å². The molecule has 0 amide bonds. The Hall–Kier alpha value is -0.735. The molecule has 0 heterocycles. The summed E-state index contributed by atoms with van der Waals surface area (Å²) in [5.41, 5.74) is 6.15. The van der Waals surface area contributed by atoms with Crippen molar-refractivity contribution in [3.63, 3.8) is 0 Å². The van der Waals surface area contributed by atoms with E-state index in [9.17, 15) is 0 Å². The first-order valence-electron chi connectivity index (χ1n) is 3.08. The lowest BCUT2D eigenvalue weighted by Crippen LogP contribution is -2.20. The SMILES string of the molecule is C/C=C(B(O)O)\C(N)=C/C. The van der Waals surface area contributed by atoms with E-state index in [4.69, 9.17) is 15.8 Å². The van der Waals surface area contributed by atoms with Gasteiger partial charge in [-0.1, -0.05) is 12.2 Å². The van der Waals surface area contributed by atoms with E-state index in [-0.39, 0.29) is 0 Å². The molecule has 0 atom stereocenters. The molecule has 0 aliphatic carbocycles. The van der Waals surface area contributed by atoms with Crippen LogP contribution in [-0.4, -0.2) is 17.2 Å². The van der Waals surface area contributed by atoms with Gasteiger partial charge in [0.1, 0.15) is 0 Å². The van der Waals surface area contributed by atoms with Gasteiger partial charge in [0.2, 0.25) is 0 Å². The maximum Gasteiger partial charge on any atom is 0.490 e. The van der Waals surface area contributed by atoms with Crippen molar-refractivity contribution >= 4 is 7.12 Å². The molecule has 0 rings (SSSR count). The molecule has 3 nitrogen and oxygen atoms in total. The van der Waals surface area contributed by atoms with Crippen LogP contribution < -0.4 is 5.73 Å². The number of nitrogens with two attached hydrogens (primary N) is 1. The highest BCUT2D eigenvalue weighted by Crippen LogP contribution is 2.03. The highest BCUT2D eigenvalue weighted by Gasteiger charge is 2.14. The van der Waals surface area contributed by atoms with Crippen LogP contribution in [0.1, 0.15) is 13.8 Å². The van der Waals surface area contributed by atoms with Crippen molar-refractivity contribution in [2.75, 3.05) is 0 Å². The van der Waals surface area contributed by atoms with Crippen LogP contribution in [0.3, 0.4) is 0 Å². The van der Waals surface area contributed by atoms with Crippen molar-refractivity contribution in [3.05, 3.63) is 23.3 Å². The highest BCUT2D eigenvalue weighted by molar-refractivity contribution is 6.52. The van der Waals surface area contributed by atoms with E-state index < -0.39 is 7.12 Å². The van der Waals surface area contributed by atoms with Crippen LogP contribution in [0.5, 0.6) is 0 Å². The zero-order valence-electron chi connectivity index (χ0n) is 6.20. The number of rotatable bonds is 2. The van der Waals surface area contributed by atoms with Gasteiger partial charge in [-0.15, -0.1) is 0 Å². The van der Waals surface area contributed by atoms with Crippen molar-refractivity contribution in [2.45, 2.75) is 13.8 Å². The van der Waals surface area contributed by atoms with Gasteiger partial charge in [0, 0.05) is 11.2 Å². The summed E-state index contributed by atoms with van der Waals surface area (Å²) in [5.74, 6) is 0. The number of hydrogen-bond donors (Lipinski definition) is 3. The van der Waals surface area contributed by atoms with Crippen molar-refractivity contribution in [2.24, 2.45) is 5.73 Å². The predicted octanol–water partition coefficient (Wildman–Crippen LogP) is -0.193. The molecule has 4 N–H and O–H groups in total. The molecule has 10 heavy (non-hydrogen) atoms. The average molecular weight is 141 g/mol. The Bertz CT molecular complexity index is 163. The Kier molecular flexibility index (Phi) is 3.84. The standard InChI is InChI=1S/C6H12BNO2/c1-3-5(7(9)10)6(8)4-2/h3-4,9-10H,8H2,1-2H3/b5-3+,6-4+. The maximum absolute atomic E-state index is 8.68. The van der Waals surface area contributed by atoms with Crippen molar-refractivity contribution in [1.29, 1.82) is 0 Å². The van der Waals surface area contributed by atoms with E-state index in [0.29, 0.717) is 11.2 Å². The summed E-state index contributed by atoms with van der Waals surface area (Å²) in [5, 5.41) is 17.4. The first-order chi connectivity index (χ1) is 4.63. The first kappa shape index (κ1) is 9.26. The van der Waals surface area contributed by atoms with Crippen LogP contribution in [0.4, 0.5) is 0 Å². The third kappa shape index (κ3) is 2.25. The summed E-state index contributed by atoms with van der Waals surface area (Å²) in [7, 11) is -1.47. The second-order valence-electron chi connectivity index (χ2n) is 1.86. The van der Waals surface area contributed by atoms with E-state index in [1.54, 1.807) is 26.0 Å². The van der Waals surface area contributed by atoms with Crippen LogP contribution in [0, 0.1) is 0 Å². The van der Waals surface area contributed by atoms with Gasteiger partial charge in [0.25, 0.3) is 0 Å². The third-order valence-corrected chi connectivity index (χ3v) is 1.23. The van der Waals surface area contributed by atoms with Gasteiger partial charge in [0.05, 0.1) is 0 Å². The van der Waals surface area contributed by atoms with E-state index in [1.165, 1.54) is 0 Å². The summed E-state index contributed by atoms with van der Waals surface area (Å²) in [4.78, 5) is 0. The van der Waals surface area contributed by atoms with Crippen LogP contribution >= 0.6 is 0 Å². The molecule has 0 spiro atoms. The van der Waals surface area contributed by atoms with Gasteiger partial charge in [-0.05, 0) is 13.8 Å². The maximum atomic E-state index is 8.68. The topological polar surface area (TPSA) is 66.5 Å². The van der Waals surface area contributed by atoms with Gasteiger partial charge in [-0.3, -0.25) is 0 Å². The van der Waals surface area contributed by atoms with E-state index >= 15 is 0 Å². The summed E-state index contributed by atoms with van der Waals surface area (Å²) in [6, 6.07) is 0. The molecule has 0 aliphatic rings. The Morgan fingerprint density at radius 2 is 1.80 bits per heavy atom. The van der Waals surface area contributed by atoms with Gasteiger partial charge < -0.3 is 15.8 Å². The molecule has 0 bridgehead atoms. The molecule has 0 radical (unpaired) electrons. The zero-order chi connectivity index (χ0) is 8.15. The molecule has 0 saturated carbocycles. The molecule has 0 aromatic rings. The zero-order valence-corrected chi connectivity index (χ0v) is 6.20. The molecular weight excluding hydrogens is 129 g/mol. The second-order valence-corrected chi connectivity index (χ2v) is 1.86. The van der Waals surface area contributed by atoms with Gasteiger partial charge >= 0.3 is 7.12 Å². The lowest BCUT2D eigenvalue weighted by atomic mass is 9.77. The molecule has 0 aromatic carbocycles. The Morgan fingerprint density at radius 3 is 1.90 bits per heavy atom. The lowest BCUT2D eigenvalue weighted by Gasteiger charge is -2.03. The Morgan fingerprint density at radius 1 is 1.30 bits per heavy atom. The van der Waals surface area contributed by atoms with Gasteiger partial charge in [0.15, 0.2) is 0 Å². The molecular formula is C6H12BNO2. The number of allylic oxidation sites excluding steroid dienone is 3. The monoisotopic (exact) mass is 141 g/mol. The van der Waals surface area contributed by atoms with Crippen LogP contribution in [0.25, 0.3) is 0 Å². The molecule has 0 saturated heterocycles.